The van der Waals surface area contributed by atoms with Gasteiger partial charge in [0.1, 0.15) is 11.3 Å². The van der Waals surface area contributed by atoms with Crippen LogP contribution in [0.3, 0.4) is 0 Å². The molecule has 0 aliphatic carbocycles. The molecule has 5 rings (SSSR count). The molecule has 0 aromatic carbocycles. The highest BCUT2D eigenvalue weighted by Crippen LogP contribution is 2.33. The van der Waals surface area contributed by atoms with E-state index in [1.54, 1.807) is 12.5 Å². The lowest BCUT2D eigenvalue weighted by atomic mass is 10.1. The lowest BCUT2D eigenvalue weighted by molar-refractivity contribution is 0.0704. The Bertz CT molecular complexity index is 943. The van der Waals surface area contributed by atoms with E-state index in [0.29, 0.717) is 11.6 Å². The third-order valence-electron chi connectivity index (χ3n) is 5.63. The van der Waals surface area contributed by atoms with Crippen LogP contribution in [0.1, 0.15) is 53.9 Å². The van der Waals surface area contributed by atoms with Gasteiger partial charge in [-0.25, -0.2) is 9.97 Å². The molecule has 5 heterocycles. The van der Waals surface area contributed by atoms with Crippen molar-refractivity contribution in [2.75, 3.05) is 19.8 Å². The van der Waals surface area contributed by atoms with Gasteiger partial charge in [-0.3, -0.25) is 4.79 Å². The second-order valence-electron chi connectivity index (χ2n) is 7.23. The van der Waals surface area contributed by atoms with Crippen LogP contribution in [0, 0.1) is 0 Å². The van der Waals surface area contributed by atoms with Crippen LogP contribution in [0.5, 0.6) is 0 Å². The first-order valence-corrected chi connectivity index (χ1v) is 9.56. The quantitative estimate of drug-likeness (QED) is 0.711. The van der Waals surface area contributed by atoms with Crippen LogP contribution in [0.25, 0.3) is 11.2 Å². The number of amides is 1. The van der Waals surface area contributed by atoms with Gasteiger partial charge in [0.05, 0.1) is 24.2 Å². The molecule has 0 saturated carbocycles. The first-order chi connectivity index (χ1) is 13.3. The number of nitrogens with zero attached hydrogens (tertiary/aromatic N) is 4. The average molecular weight is 366 g/mol. The zero-order chi connectivity index (χ0) is 18.2. The number of carbonyl (C=O) groups excluding carboxylic acids is 1. The molecule has 0 N–H and O–H groups in total. The summed E-state index contributed by atoms with van der Waals surface area (Å²) in [7, 11) is 0. The number of pyridine rings is 1. The van der Waals surface area contributed by atoms with Gasteiger partial charge in [-0.2, -0.15) is 0 Å². The fourth-order valence-corrected chi connectivity index (χ4v) is 4.22. The zero-order valence-electron chi connectivity index (χ0n) is 15.1. The minimum atomic E-state index is -0.0103. The standard InChI is InChI=1S/C20H22N4O3/c25-20(23-7-1-3-17(23)18-4-2-8-27-18)14-11-16-19(21-12-14)24(13-22-16)15-5-9-26-10-6-15/h2,4,8,11-13,15,17H,1,3,5-7,9-10H2. The number of furan rings is 1. The van der Waals surface area contributed by atoms with E-state index < -0.39 is 0 Å². The summed E-state index contributed by atoms with van der Waals surface area (Å²) in [6.07, 6.45) is 9.01. The summed E-state index contributed by atoms with van der Waals surface area (Å²) >= 11 is 0. The van der Waals surface area contributed by atoms with Gasteiger partial charge in [0.15, 0.2) is 5.65 Å². The minimum Gasteiger partial charge on any atom is -0.467 e. The Labute approximate surface area is 156 Å². The fraction of sp³-hybridized carbons (Fsp3) is 0.450. The molecule has 2 aliphatic heterocycles. The van der Waals surface area contributed by atoms with E-state index >= 15 is 0 Å². The molecule has 2 fully saturated rings. The van der Waals surface area contributed by atoms with Crippen molar-refractivity contribution in [1.82, 2.24) is 19.4 Å². The summed E-state index contributed by atoms with van der Waals surface area (Å²) in [6.45, 7) is 2.27. The van der Waals surface area contributed by atoms with Gasteiger partial charge < -0.3 is 18.6 Å². The van der Waals surface area contributed by atoms with Gasteiger partial charge in [0.25, 0.3) is 5.91 Å². The molecule has 7 heteroatoms. The fourth-order valence-electron chi connectivity index (χ4n) is 4.22. The number of aromatic nitrogens is 3. The monoisotopic (exact) mass is 366 g/mol. The first kappa shape index (κ1) is 16.5. The molecule has 2 saturated heterocycles. The van der Waals surface area contributed by atoms with E-state index in [4.69, 9.17) is 9.15 Å². The molecule has 0 radical (unpaired) electrons. The highest BCUT2D eigenvalue weighted by atomic mass is 16.5. The number of hydrogen-bond acceptors (Lipinski definition) is 5. The van der Waals surface area contributed by atoms with Crippen LogP contribution in [-0.2, 0) is 4.74 Å². The maximum Gasteiger partial charge on any atom is 0.256 e. The Morgan fingerprint density at radius 1 is 1.19 bits per heavy atom. The second kappa shape index (κ2) is 6.81. The number of likely N-dealkylation sites (tertiary alicyclic amines) is 1. The predicted molar refractivity (Wildman–Crippen MR) is 98.3 cm³/mol. The van der Waals surface area contributed by atoms with Gasteiger partial charge in [0.2, 0.25) is 0 Å². The molecule has 1 atom stereocenters. The smallest absolute Gasteiger partial charge is 0.256 e. The molecule has 27 heavy (non-hydrogen) atoms. The number of ether oxygens (including phenoxy) is 1. The molecule has 7 nitrogen and oxygen atoms in total. The molecule has 3 aromatic heterocycles. The Morgan fingerprint density at radius 3 is 2.89 bits per heavy atom. The number of hydrogen-bond donors (Lipinski definition) is 0. The van der Waals surface area contributed by atoms with E-state index in [-0.39, 0.29) is 11.9 Å². The van der Waals surface area contributed by atoms with Crippen molar-refractivity contribution in [2.24, 2.45) is 0 Å². The highest BCUT2D eigenvalue weighted by molar-refractivity contribution is 5.96. The van der Waals surface area contributed by atoms with Gasteiger partial charge in [-0.15, -0.1) is 0 Å². The summed E-state index contributed by atoms with van der Waals surface area (Å²) in [4.78, 5) is 24.1. The number of rotatable bonds is 3. The van der Waals surface area contributed by atoms with Gasteiger partial charge >= 0.3 is 0 Å². The van der Waals surface area contributed by atoms with E-state index in [1.165, 1.54) is 0 Å². The molecule has 1 amide bonds. The lowest BCUT2D eigenvalue weighted by Crippen LogP contribution is -2.30. The van der Waals surface area contributed by atoms with Gasteiger partial charge in [0, 0.05) is 32.0 Å². The lowest BCUT2D eigenvalue weighted by Gasteiger charge is -2.24. The summed E-state index contributed by atoms with van der Waals surface area (Å²) in [6, 6.07) is 6.03. The normalized spacial score (nSPS) is 21.2. The molecular weight excluding hydrogens is 344 g/mol. The third kappa shape index (κ3) is 2.92. The summed E-state index contributed by atoms with van der Waals surface area (Å²) in [5.41, 5.74) is 2.18. The van der Waals surface area contributed by atoms with E-state index in [2.05, 4.69) is 14.5 Å². The largest absolute Gasteiger partial charge is 0.467 e. The highest BCUT2D eigenvalue weighted by Gasteiger charge is 2.32. The van der Waals surface area contributed by atoms with E-state index in [0.717, 1.165) is 62.4 Å². The van der Waals surface area contributed by atoms with Crippen molar-refractivity contribution < 1.29 is 13.9 Å². The van der Waals surface area contributed by atoms with Crippen molar-refractivity contribution in [3.63, 3.8) is 0 Å². The Balaban J connectivity index is 1.42. The van der Waals surface area contributed by atoms with Crippen molar-refractivity contribution in [2.45, 2.75) is 37.8 Å². The maximum atomic E-state index is 13.1. The minimum absolute atomic E-state index is 0.00277. The molecule has 0 bridgehead atoms. The first-order valence-electron chi connectivity index (χ1n) is 9.56. The third-order valence-corrected chi connectivity index (χ3v) is 5.63. The molecule has 3 aromatic rings. The predicted octanol–water partition coefficient (Wildman–Crippen LogP) is 3.35. The summed E-state index contributed by atoms with van der Waals surface area (Å²) < 4.78 is 13.1. The summed E-state index contributed by atoms with van der Waals surface area (Å²) in [5, 5.41) is 0. The zero-order valence-corrected chi connectivity index (χ0v) is 15.1. The average Bonchev–Trinajstić information content (AvgIpc) is 3.47. The maximum absolute atomic E-state index is 13.1. The SMILES string of the molecule is O=C(c1cnc2c(c1)ncn2C1CCOCC1)N1CCCC1c1ccco1. The molecule has 140 valence electrons. The molecule has 0 spiro atoms. The topological polar surface area (TPSA) is 73.4 Å². The summed E-state index contributed by atoms with van der Waals surface area (Å²) in [5.74, 6) is 0.836. The van der Waals surface area contributed by atoms with E-state index in [9.17, 15) is 4.79 Å². The Morgan fingerprint density at radius 2 is 2.07 bits per heavy atom. The second-order valence-corrected chi connectivity index (χ2v) is 7.23. The van der Waals surface area contributed by atoms with Crippen molar-refractivity contribution in [1.29, 1.82) is 0 Å². The van der Waals surface area contributed by atoms with Crippen LogP contribution in [0.4, 0.5) is 0 Å². The van der Waals surface area contributed by atoms with Gasteiger partial charge in [-0.1, -0.05) is 0 Å². The van der Waals surface area contributed by atoms with Crippen LogP contribution in [0.15, 0.2) is 41.4 Å². The molecule has 2 aliphatic rings. The van der Waals surface area contributed by atoms with Crippen molar-refractivity contribution >= 4 is 17.1 Å². The number of carbonyl (C=O) groups is 1. The number of imidazole rings is 1. The Kier molecular flexibility index (Phi) is 4.16. The number of fused-ring (bicyclic) bond motifs is 1. The molecular formula is C20H22N4O3. The Hall–Kier alpha value is -2.67. The van der Waals surface area contributed by atoms with Crippen LogP contribution in [-0.4, -0.2) is 45.1 Å². The van der Waals surface area contributed by atoms with Crippen molar-refractivity contribution in [3.05, 3.63) is 48.3 Å². The van der Waals surface area contributed by atoms with E-state index in [1.807, 2.05) is 29.4 Å². The van der Waals surface area contributed by atoms with Crippen LogP contribution in [0.2, 0.25) is 0 Å². The molecule has 1 unspecified atom stereocenters. The van der Waals surface area contributed by atoms with Crippen LogP contribution >= 0.6 is 0 Å². The van der Waals surface area contributed by atoms with Gasteiger partial charge in [-0.05, 0) is 43.9 Å². The van der Waals surface area contributed by atoms with Crippen LogP contribution < -0.4 is 0 Å². The van der Waals surface area contributed by atoms with Crippen molar-refractivity contribution in [3.8, 4) is 0 Å².